The van der Waals surface area contributed by atoms with Gasteiger partial charge < -0.3 is 9.88 Å². The summed E-state index contributed by atoms with van der Waals surface area (Å²) in [5.41, 5.74) is 2.94. The van der Waals surface area contributed by atoms with Gasteiger partial charge in [0.15, 0.2) is 0 Å². The fraction of sp³-hybridized carbons (Fsp3) is 0.318. The maximum atomic E-state index is 12.9. The van der Waals surface area contributed by atoms with Gasteiger partial charge in [0.05, 0.1) is 11.6 Å². The average molecular weight is 382 g/mol. The first-order chi connectivity index (χ1) is 13.1. The van der Waals surface area contributed by atoms with Crippen LogP contribution in [0.3, 0.4) is 0 Å². The number of hydrogen-bond donors (Lipinski definition) is 1. The van der Waals surface area contributed by atoms with Crippen molar-refractivity contribution in [2.24, 2.45) is 7.05 Å². The first-order valence-electron chi connectivity index (χ1n) is 9.45. The Bertz CT molecular complexity index is 959. The smallest absolute Gasteiger partial charge is 0.253 e. The highest BCUT2D eigenvalue weighted by Gasteiger charge is 2.25. The summed E-state index contributed by atoms with van der Waals surface area (Å²) in [6, 6.07) is 16.1. The molecule has 1 N–H and O–H groups in total. The number of nitrogens with one attached hydrogen (secondary N) is 1. The second kappa shape index (κ2) is 7.75. The van der Waals surface area contributed by atoms with Crippen molar-refractivity contribution in [2.45, 2.75) is 18.9 Å². The van der Waals surface area contributed by atoms with Crippen LogP contribution in [0.4, 0.5) is 0 Å². The SMILES string of the molecule is Cn1cc(C(=O)NCC(c2cccc(Cl)c2)N2CCCC2)c2ccccc21. The minimum absolute atomic E-state index is 0.0296. The molecule has 1 amide bonds. The molecule has 0 saturated carbocycles. The number of halogens is 1. The third kappa shape index (κ3) is 3.73. The molecule has 1 atom stereocenters. The van der Waals surface area contributed by atoms with Gasteiger partial charge in [-0.15, -0.1) is 0 Å². The lowest BCUT2D eigenvalue weighted by Gasteiger charge is -2.28. The predicted octanol–water partition coefficient (Wildman–Crippen LogP) is 4.40. The Morgan fingerprint density at radius 1 is 1.15 bits per heavy atom. The van der Waals surface area contributed by atoms with Crippen LogP contribution < -0.4 is 5.32 Å². The molecule has 27 heavy (non-hydrogen) atoms. The highest BCUT2D eigenvalue weighted by atomic mass is 35.5. The number of hydrogen-bond acceptors (Lipinski definition) is 2. The Balaban J connectivity index is 1.55. The van der Waals surface area contributed by atoms with E-state index in [4.69, 9.17) is 11.6 Å². The molecule has 4 nitrogen and oxygen atoms in total. The van der Waals surface area contributed by atoms with E-state index in [1.165, 1.54) is 12.8 Å². The maximum absolute atomic E-state index is 12.9. The van der Waals surface area contributed by atoms with E-state index < -0.39 is 0 Å². The topological polar surface area (TPSA) is 37.3 Å². The van der Waals surface area contributed by atoms with Crippen LogP contribution in [0.1, 0.15) is 34.8 Å². The van der Waals surface area contributed by atoms with Crippen LogP contribution in [0.15, 0.2) is 54.7 Å². The minimum atomic E-state index is -0.0296. The van der Waals surface area contributed by atoms with Crippen molar-refractivity contribution in [3.05, 3.63) is 70.9 Å². The van der Waals surface area contributed by atoms with Gasteiger partial charge in [0.1, 0.15) is 0 Å². The summed E-state index contributed by atoms with van der Waals surface area (Å²) >= 11 is 6.21. The van der Waals surface area contributed by atoms with Crippen LogP contribution in [0, 0.1) is 0 Å². The number of nitrogens with zero attached hydrogens (tertiary/aromatic N) is 2. The third-order valence-corrected chi connectivity index (χ3v) is 5.65. The monoisotopic (exact) mass is 381 g/mol. The first-order valence-corrected chi connectivity index (χ1v) is 9.83. The molecule has 1 unspecified atom stereocenters. The van der Waals surface area contributed by atoms with Crippen molar-refractivity contribution in [1.29, 1.82) is 0 Å². The molecule has 1 saturated heterocycles. The molecule has 1 fully saturated rings. The van der Waals surface area contributed by atoms with Crippen molar-refractivity contribution >= 4 is 28.4 Å². The summed E-state index contributed by atoms with van der Waals surface area (Å²) in [7, 11) is 1.97. The van der Waals surface area contributed by atoms with Gasteiger partial charge in [0.25, 0.3) is 5.91 Å². The Labute approximate surface area is 164 Å². The number of aryl methyl sites for hydroxylation is 1. The summed E-state index contributed by atoms with van der Waals surface area (Å²) in [5, 5.41) is 4.88. The highest BCUT2D eigenvalue weighted by Crippen LogP contribution is 2.27. The van der Waals surface area contributed by atoms with Crippen molar-refractivity contribution < 1.29 is 4.79 Å². The fourth-order valence-corrected chi connectivity index (χ4v) is 4.23. The van der Waals surface area contributed by atoms with Crippen molar-refractivity contribution in [2.75, 3.05) is 19.6 Å². The Morgan fingerprint density at radius 3 is 2.70 bits per heavy atom. The van der Waals surface area contributed by atoms with Gasteiger partial charge in [-0.2, -0.15) is 0 Å². The van der Waals surface area contributed by atoms with Crippen molar-refractivity contribution in [1.82, 2.24) is 14.8 Å². The number of carbonyl (C=O) groups is 1. The minimum Gasteiger partial charge on any atom is -0.350 e. The molecule has 4 rings (SSSR count). The van der Waals surface area contributed by atoms with E-state index >= 15 is 0 Å². The van der Waals surface area contributed by atoms with E-state index in [1.54, 1.807) is 0 Å². The van der Waals surface area contributed by atoms with E-state index in [9.17, 15) is 4.79 Å². The number of likely N-dealkylation sites (tertiary alicyclic amines) is 1. The molecule has 0 spiro atoms. The second-order valence-corrected chi connectivity index (χ2v) is 7.63. The fourth-order valence-electron chi connectivity index (χ4n) is 4.03. The van der Waals surface area contributed by atoms with Crippen LogP contribution in [-0.4, -0.2) is 35.0 Å². The molecule has 0 bridgehead atoms. The Morgan fingerprint density at radius 2 is 1.93 bits per heavy atom. The van der Waals surface area contributed by atoms with Gasteiger partial charge in [0.2, 0.25) is 0 Å². The summed E-state index contributed by atoms with van der Waals surface area (Å²) in [6.07, 6.45) is 4.31. The average Bonchev–Trinajstić information content (AvgIpc) is 3.31. The van der Waals surface area contributed by atoms with Gasteiger partial charge in [-0.05, 0) is 49.7 Å². The standard InChI is InChI=1S/C22H24ClN3O/c1-25-15-19(18-9-2-3-10-20(18)25)22(27)24-14-21(26-11-4-5-12-26)16-7-6-8-17(23)13-16/h2-3,6-10,13,15,21H,4-5,11-12,14H2,1H3,(H,24,27). The molecular formula is C22H24ClN3O. The lowest BCUT2D eigenvalue weighted by atomic mass is 10.1. The van der Waals surface area contributed by atoms with Crippen LogP contribution in [-0.2, 0) is 7.05 Å². The normalized spacial score (nSPS) is 15.9. The molecule has 3 aromatic rings. The molecule has 2 aromatic carbocycles. The largest absolute Gasteiger partial charge is 0.350 e. The number of rotatable bonds is 5. The molecule has 1 aliphatic rings. The molecule has 5 heteroatoms. The van der Waals surface area contributed by atoms with Gasteiger partial charge in [-0.25, -0.2) is 0 Å². The van der Waals surface area contributed by atoms with Gasteiger partial charge >= 0.3 is 0 Å². The van der Waals surface area contributed by atoms with E-state index in [1.807, 2.05) is 60.3 Å². The van der Waals surface area contributed by atoms with Crippen LogP contribution >= 0.6 is 11.6 Å². The zero-order valence-corrected chi connectivity index (χ0v) is 16.2. The van der Waals surface area contributed by atoms with E-state index in [0.29, 0.717) is 6.54 Å². The van der Waals surface area contributed by atoms with Crippen LogP contribution in [0.2, 0.25) is 5.02 Å². The summed E-state index contributed by atoms with van der Waals surface area (Å²) in [5.74, 6) is -0.0296. The van der Waals surface area contributed by atoms with Crippen molar-refractivity contribution in [3.63, 3.8) is 0 Å². The number of carbonyl (C=O) groups excluding carboxylic acids is 1. The van der Waals surface area contributed by atoms with Crippen LogP contribution in [0.25, 0.3) is 10.9 Å². The molecule has 140 valence electrons. The third-order valence-electron chi connectivity index (χ3n) is 5.41. The van der Waals surface area contributed by atoms with Crippen molar-refractivity contribution in [3.8, 4) is 0 Å². The van der Waals surface area contributed by atoms with Crippen LogP contribution in [0.5, 0.6) is 0 Å². The first kappa shape index (κ1) is 18.1. The quantitative estimate of drug-likeness (QED) is 0.711. The number of amides is 1. The second-order valence-electron chi connectivity index (χ2n) is 7.19. The summed E-state index contributed by atoms with van der Waals surface area (Å²) < 4.78 is 2.00. The van der Waals surface area contributed by atoms with Gasteiger partial charge in [-0.1, -0.05) is 41.9 Å². The van der Waals surface area contributed by atoms with Gasteiger partial charge in [-0.3, -0.25) is 9.69 Å². The number of aromatic nitrogens is 1. The number of fused-ring (bicyclic) bond motifs is 1. The van der Waals surface area contributed by atoms with E-state index in [2.05, 4.69) is 16.3 Å². The molecule has 0 aliphatic carbocycles. The lowest BCUT2D eigenvalue weighted by Crippen LogP contribution is -2.36. The molecule has 1 aromatic heterocycles. The highest BCUT2D eigenvalue weighted by molar-refractivity contribution is 6.30. The maximum Gasteiger partial charge on any atom is 0.253 e. The van der Waals surface area contributed by atoms with Gasteiger partial charge in [0, 0.05) is 35.7 Å². The predicted molar refractivity (Wildman–Crippen MR) is 110 cm³/mol. The zero-order chi connectivity index (χ0) is 18.8. The summed E-state index contributed by atoms with van der Waals surface area (Å²) in [6.45, 7) is 2.69. The molecule has 1 aliphatic heterocycles. The number of para-hydroxylation sites is 1. The zero-order valence-electron chi connectivity index (χ0n) is 15.5. The Kier molecular flexibility index (Phi) is 5.19. The van der Waals surface area contributed by atoms with E-state index in [0.717, 1.165) is 40.1 Å². The van der Waals surface area contributed by atoms with E-state index in [-0.39, 0.29) is 11.9 Å². The Hall–Kier alpha value is -2.30. The molecule has 0 radical (unpaired) electrons. The molecular weight excluding hydrogens is 358 g/mol. The number of benzene rings is 2. The molecule has 2 heterocycles. The summed E-state index contributed by atoms with van der Waals surface area (Å²) in [4.78, 5) is 15.4. The lowest BCUT2D eigenvalue weighted by molar-refractivity contribution is 0.0939.